The van der Waals surface area contributed by atoms with E-state index in [2.05, 4.69) is 11.8 Å². The molecule has 0 radical (unpaired) electrons. The predicted octanol–water partition coefficient (Wildman–Crippen LogP) is 2.62. The van der Waals surface area contributed by atoms with Gasteiger partial charge in [0, 0.05) is 39.8 Å². The SMILES string of the molecule is CCCCN(CC)C(=O)C[C@H]1COc2ccc(C(=O)N(C)C)cc2N1C. The smallest absolute Gasteiger partial charge is 0.253 e. The summed E-state index contributed by atoms with van der Waals surface area (Å²) in [6.45, 7) is 6.16. The summed E-state index contributed by atoms with van der Waals surface area (Å²) in [6.07, 6.45) is 2.51. The lowest BCUT2D eigenvalue weighted by Crippen LogP contribution is -2.45. The topological polar surface area (TPSA) is 53.1 Å². The molecule has 0 N–H and O–H groups in total. The number of fused-ring (bicyclic) bond motifs is 1. The number of carbonyl (C=O) groups is 2. The average Bonchev–Trinajstić information content (AvgIpc) is 2.63. The maximum absolute atomic E-state index is 12.7. The van der Waals surface area contributed by atoms with Crippen molar-refractivity contribution in [3.05, 3.63) is 23.8 Å². The van der Waals surface area contributed by atoms with E-state index < -0.39 is 0 Å². The minimum absolute atomic E-state index is 0.0321. The Balaban J connectivity index is 2.12. The summed E-state index contributed by atoms with van der Waals surface area (Å²) < 4.78 is 5.86. The lowest BCUT2D eigenvalue weighted by molar-refractivity contribution is -0.131. The molecule has 0 unspecified atom stereocenters. The molecule has 0 aromatic heterocycles. The molecule has 1 aromatic rings. The van der Waals surface area contributed by atoms with Gasteiger partial charge in [0.1, 0.15) is 12.4 Å². The molecule has 1 aromatic carbocycles. The molecule has 1 atom stereocenters. The molecule has 6 heteroatoms. The number of rotatable bonds is 7. The third-order valence-corrected chi connectivity index (χ3v) is 4.90. The number of carbonyl (C=O) groups excluding carboxylic acids is 2. The highest BCUT2D eigenvalue weighted by Crippen LogP contribution is 2.34. The summed E-state index contributed by atoms with van der Waals surface area (Å²) in [5.74, 6) is 0.867. The lowest BCUT2D eigenvalue weighted by Gasteiger charge is -2.36. The van der Waals surface area contributed by atoms with Crippen molar-refractivity contribution in [1.82, 2.24) is 9.80 Å². The zero-order valence-electron chi connectivity index (χ0n) is 16.6. The molecule has 144 valence electrons. The molecular formula is C20H31N3O3. The summed E-state index contributed by atoms with van der Waals surface area (Å²) in [6, 6.07) is 5.43. The third-order valence-electron chi connectivity index (χ3n) is 4.90. The number of benzene rings is 1. The van der Waals surface area contributed by atoms with Crippen molar-refractivity contribution in [1.29, 1.82) is 0 Å². The van der Waals surface area contributed by atoms with Crippen LogP contribution >= 0.6 is 0 Å². The first-order chi connectivity index (χ1) is 12.4. The van der Waals surface area contributed by atoms with Crippen LogP contribution in [-0.2, 0) is 4.79 Å². The first-order valence-corrected chi connectivity index (χ1v) is 9.38. The normalized spacial score (nSPS) is 15.9. The number of ether oxygens (including phenoxy) is 1. The van der Waals surface area contributed by atoms with E-state index >= 15 is 0 Å². The third kappa shape index (κ3) is 4.48. The quantitative estimate of drug-likeness (QED) is 0.749. The molecule has 2 rings (SSSR count). The molecule has 1 heterocycles. The molecule has 0 saturated heterocycles. The Morgan fingerprint density at radius 2 is 2.00 bits per heavy atom. The zero-order valence-corrected chi connectivity index (χ0v) is 16.6. The first kappa shape index (κ1) is 20.1. The van der Waals surface area contributed by atoms with Crippen LogP contribution in [0.4, 0.5) is 5.69 Å². The van der Waals surface area contributed by atoms with E-state index in [4.69, 9.17) is 4.74 Å². The van der Waals surface area contributed by atoms with E-state index in [1.807, 2.05) is 31.0 Å². The van der Waals surface area contributed by atoms with Crippen LogP contribution in [0.25, 0.3) is 0 Å². The van der Waals surface area contributed by atoms with Gasteiger partial charge in [-0.2, -0.15) is 0 Å². The fourth-order valence-electron chi connectivity index (χ4n) is 3.14. The average molecular weight is 361 g/mol. The minimum atomic E-state index is -0.0453. The van der Waals surface area contributed by atoms with Gasteiger partial charge in [-0.3, -0.25) is 9.59 Å². The van der Waals surface area contributed by atoms with Crippen LogP contribution in [-0.4, -0.2) is 68.5 Å². The predicted molar refractivity (Wildman–Crippen MR) is 104 cm³/mol. The summed E-state index contributed by atoms with van der Waals surface area (Å²) in [5, 5.41) is 0. The Kier molecular flexibility index (Phi) is 6.89. The molecule has 0 bridgehead atoms. The molecule has 0 saturated carbocycles. The zero-order chi connectivity index (χ0) is 19.3. The van der Waals surface area contributed by atoms with Crippen LogP contribution in [0.2, 0.25) is 0 Å². The molecule has 0 spiro atoms. The lowest BCUT2D eigenvalue weighted by atomic mass is 10.1. The Hall–Kier alpha value is -2.24. The van der Waals surface area contributed by atoms with Crippen molar-refractivity contribution >= 4 is 17.5 Å². The van der Waals surface area contributed by atoms with Crippen molar-refractivity contribution in [2.75, 3.05) is 45.7 Å². The van der Waals surface area contributed by atoms with E-state index in [1.165, 1.54) is 0 Å². The molecule has 6 nitrogen and oxygen atoms in total. The fraction of sp³-hybridized carbons (Fsp3) is 0.600. The highest BCUT2D eigenvalue weighted by atomic mass is 16.5. The fourth-order valence-corrected chi connectivity index (χ4v) is 3.14. The van der Waals surface area contributed by atoms with Crippen molar-refractivity contribution in [2.45, 2.75) is 39.2 Å². The number of hydrogen-bond acceptors (Lipinski definition) is 4. The van der Waals surface area contributed by atoms with Gasteiger partial charge in [0.15, 0.2) is 0 Å². The van der Waals surface area contributed by atoms with E-state index in [9.17, 15) is 9.59 Å². The van der Waals surface area contributed by atoms with Gasteiger partial charge in [-0.15, -0.1) is 0 Å². The van der Waals surface area contributed by atoms with E-state index in [0.29, 0.717) is 18.6 Å². The van der Waals surface area contributed by atoms with Gasteiger partial charge in [0.25, 0.3) is 5.91 Å². The maximum Gasteiger partial charge on any atom is 0.253 e. The van der Waals surface area contributed by atoms with Crippen LogP contribution in [0.5, 0.6) is 5.75 Å². The van der Waals surface area contributed by atoms with Gasteiger partial charge in [-0.25, -0.2) is 0 Å². The van der Waals surface area contributed by atoms with Gasteiger partial charge in [-0.05, 0) is 31.5 Å². The second kappa shape index (κ2) is 8.92. The minimum Gasteiger partial charge on any atom is -0.489 e. The van der Waals surface area contributed by atoms with Gasteiger partial charge in [0.05, 0.1) is 18.2 Å². The number of hydrogen-bond donors (Lipinski definition) is 0. The number of nitrogens with zero attached hydrogens (tertiary/aromatic N) is 3. The van der Waals surface area contributed by atoms with Crippen molar-refractivity contribution in [2.24, 2.45) is 0 Å². The highest BCUT2D eigenvalue weighted by Gasteiger charge is 2.29. The van der Waals surface area contributed by atoms with Crippen LogP contribution in [0.3, 0.4) is 0 Å². The van der Waals surface area contributed by atoms with Crippen LogP contribution in [0, 0.1) is 0 Å². The Morgan fingerprint density at radius 3 is 2.62 bits per heavy atom. The Labute approximate surface area is 156 Å². The molecule has 0 aliphatic carbocycles. The highest BCUT2D eigenvalue weighted by molar-refractivity contribution is 5.95. The van der Waals surface area contributed by atoms with E-state index in [1.54, 1.807) is 25.1 Å². The number of unbranched alkanes of at least 4 members (excludes halogenated alkanes) is 1. The molecule has 1 aliphatic heterocycles. The Morgan fingerprint density at radius 1 is 1.27 bits per heavy atom. The number of anilines is 1. The van der Waals surface area contributed by atoms with Crippen LogP contribution < -0.4 is 9.64 Å². The molecular weight excluding hydrogens is 330 g/mol. The van der Waals surface area contributed by atoms with Gasteiger partial charge < -0.3 is 19.4 Å². The molecule has 2 amide bonds. The molecule has 26 heavy (non-hydrogen) atoms. The summed E-state index contributed by atoms with van der Waals surface area (Å²) in [4.78, 5) is 30.4. The summed E-state index contributed by atoms with van der Waals surface area (Å²) in [5.41, 5.74) is 1.48. The second-order valence-electron chi connectivity index (χ2n) is 6.99. The second-order valence-corrected chi connectivity index (χ2v) is 6.99. The van der Waals surface area contributed by atoms with Crippen LogP contribution in [0.15, 0.2) is 18.2 Å². The van der Waals surface area contributed by atoms with Crippen molar-refractivity contribution in [3.8, 4) is 5.75 Å². The standard InChI is InChI=1S/C20H31N3O3/c1-6-8-11-23(7-2)19(24)13-16-14-26-18-10-9-15(20(25)21(3)4)12-17(18)22(16)5/h9-10,12,16H,6-8,11,13-14H2,1-5H3/t16-/m0/s1. The van der Waals surface area contributed by atoms with E-state index in [-0.39, 0.29) is 17.9 Å². The maximum atomic E-state index is 12.7. The number of likely N-dealkylation sites (N-methyl/N-ethyl adjacent to an activating group) is 1. The van der Waals surface area contributed by atoms with Gasteiger partial charge in [-0.1, -0.05) is 13.3 Å². The van der Waals surface area contributed by atoms with Gasteiger partial charge >= 0.3 is 0 Å². The summed E-state index contributed by atoms with van der Waals surface area (Å²) >= 11 is 0. The largest absolute Gasteiger partial charge is 0.489 e. The molecule has 0 fully saturated rings. The van der Waals surface area contributed by atoms with E-state index in [0.717, 1.165) is 37.4 Å². The monoisotopic (exact) mass is 361 g/mol. The Bertz CT molecular complexity index is 645. The molecule has 1 aliphatic rings. The first-order valence-electron chi connectivity index (χ1n) is 9.38. The number of amides is 2. The van der Waals surface area contributed by atoms with Crippen LogP contribution in [0.1, 0.15) is 43.5 Å². The van der Waals surface area contributed by atoms with Crippen molar-refractivity contribution < 1.29 is 14.3 Å². The summed E-state index contributed by atoms with van der Waals surface area (Å²) in [7, 11) is 5.43. The van der Waals surface area contributed by atoms with Gasteiger partial charge in [0.2, 0.25) is 5.91 Å². The van der Waals surface area contributed by atoms with Crippen molar-refractivity contribution in [3.63, 3.8) is 0 Å².